The topological polar surface area (TPSA) is 30.7 Å². The molecule has 3 nitrogen and oxygen atoms in total. The Kier molecular flexibility index (Phi) is 6.00. The van der Waals surface area contributed by atoms with E-state index in [2.05, 4.69) is 23.0 Å². The molecule has 1 aliphatic rings. The van der Waals surface area contributed by atoms with Crippen molar-refractivity contribution in [1.82, 2.24) is 14.5 Å². The number of benzene rings is 1. The molecule has 133 valence electrons. The van der Waals surface area contributed by atoms with Crippen LogP contribution in [-0.2, 0) is 26.0 Å². The van der Waals surface area contributed by atoms with Gasteiger partial charge in [0.15, 0.2) is 5.65 Å². The monoisotopic (exact) mass is 523 g/mol. The van der Waals surface area contributed by atoms with Crippen LogP contribution in [0.5, 0.6) is 0 Å². The van der Waals surface area contributed by atoms with Crippen LogP contribution in [-0.4, -0.2) is 14.5 Å². The number of pyridine rings is 1. The zero-order valence-corrected chi connectivity index (χ0v) is 16.0. The third-order valence-electron chi connectivity index (χ3n) is 3.72. The molecule has 7 heteroatoms. The standard InChI is InChI=1S/C16H11F3N3.C2H5.Os/c17-16(18,19)11-8-13-15(20-9-11)22(12-6-7-12)14(21-13)10-4-2-1-3-5-10;1-2;/h1-4,8-9,12H,6-7H2;1H2,2H3;/q2*-1;+1. The normalized spacial score (nSPS) is 13.8. The van der Waals surface area contributed by atoms with Gasteiger partial charge in [-0.05, 0) is 18.9 Å². The Morgan fingerprint density at radius 1 is 1.24 bits per heavy atom. The van der Waals surface area contributed by atoms with Crippen LogP contribution in [0.1, 0.15) is 31.4 Å². The van der Waals surface area contributed by atoms with Gasteiger partial charge in [0, 0.05) is 12.2 Å². The fraction of sp³-hybridized carbons (Fsp3) is 0.278. The first-order chi connectivity index (χ1) is 11.5. The summed E-state index contributed by atoms with van der Waals surface area (Å²) in [6, 6.07) is 11.7. The van der Waals surface area contributed by atoms with Crippen LogP contribution >= 0.6 is 0 Å². The number of nitrogens with zero attached hydrogens (tertiary/aromatic N) is 3. The van der Waals surface area contributed by atoms with E-state index in [1.54, 1.807) is 13.0 Å². The smallest absolute Gasteiger partial charge is 0.346 e. The zero-order chi connectivity index (χ0) is 17.3. The Morgan fingerprint density at radius 2 is 1.96 bits per heavy atom. The molecule has 0 amide bonds. The van der Waals surface area contributed by atoms with Crippen LogP contribution in [0.25, 0.3) is 22.6 Å². The largest absolute Gasteiger partial charge is 1.00 e. The predicted molar refractivity (Wildman–Crippen MR) is 86.1 cm³/mol. The summed E-state index contributed by atoms with van der Waals surface area (Å²) in [6.45, 7) is 5.00. The van der Waals surface area contributed by atoms with Crippen molar-refractivity contribution in [3.8, 4) is 11.4 Å². The van der Waals surface area contributed by atoms with Gasteiger partial charge in [-0.15, -0.1) is 35.9 Å². The Hall–Kier alpha value is -1.73. The Bertz CT molecular complexity index is 840. The van der Waals surface area contributed by atoms with Crippen LogP contribution in [0.15, 0.2) is 36.5 Å². The summed E-state index contributed by atoms with van der Waals surface area (Å²) in [5.41, 5.74) is 0.765. The van der Waals surface area contributed by atoms with E-state index < -0.39 is 11.7 Å². The first kappa shape index (κ1) is 19.6. The molecule has 1 radical (unpaired) electrons. The summed E-state index contributed by atoms with van der Waals surface area (Å²) in [6.07, 6.45) is -1.55. The van der Waals surface area contributed by atoms with Crippen molar-refractivity contribution in [2.75, 3.05) is 0 Å². The number of fused-ring (bicyclic) bond motifs is 1. The number of hydrogen-bond acceptors (Lipinski definition) is 2. The van der Waals surface area contributed by atoms with Crippen molar-refractivity contribution in [3.63, 3.8) is 0 Å². The van der Waals surface area contributed by atoms with Crippen LogP contribution in [0.2, 0.25) is 0 Å². The van der Waals surface area contributed by atoms with Crippen molar-refractivity contribution in [1.29, 1.82) is 0 Å². The molecule has 1 aromatic carbocycles. The van der Waals surface area contributed by atoms with Gasteiger partial charge in [-0.25, -0.2) is 4.98 Å². The van der Waals surface area contributed by atoms with E-state index in [1.165, 1.54) is 0 Å². The summed E-state index contributed by atoms with van der Waals surface area (Å²) in [4.78, 5) is 8.41. The number of hydrogen-bond donors (Lipinski definition) is 0. The van der Waals surface area contributed by atoms with Gasteiger partial charge in [-0.3, -0.25) is 4.98 Å². The Morgan fingerprint density at radius 3 is 2.52 bits per heavy atom. The van der Waals surface area contributed by atoms with Gasteiger partial charge in [0.1, 0.15) is 0 Å². The summed E-state index contributed by atoms with van der Waals surface area (Å²) in [5.74, 6) is 0.630. The third-order valence-corrected chi connectivity index (χ3v) is 3.72. The maximum absolute atomic E-state index is 12.8. The van der Waals surface area contributed by atoms with E-state index >= 15 is 0 Å². The van der Waals surface area contributed by atoms with Crippen LogP contribution in [0, 0.1) is 13.0 Å². The maximum Gasteiger partial charge on any atom is 1.00 e. The third kappa shape index (κ3) is 3.93. The fourth-order valence-corrected chi connectivity index (χ4v) is 2.54. The first-order valence-corrected chi connectivity index (χ1v) is 7.67. The minimum atomic E-state index is -4.41. The van der Waals surface area contributed by atoms with Crippen molar-refractivity contribution in [2.24, 2.45) is 0 Å². The van der Waals surface area contributed by atoms with Gasteiger partial charge in [0.05, 0.1) is 16.9 Å². The molecular weight excluding hydrogens is 505 g/mol. The SMILES string of the molecule is FC(F)(F)c1cnc2c(c1)nc(-c1[c-]cccc1)n2C1CC1.[CH2-]C.[Os+]. The van der Waals surface area contributed by atoms with E-state index in [4.69, 9.17) is 0 Å². The van der Waals surface area contributed by atoms with Gasteiger partial charge in [-0.2, -0.15) is 20.1 Å². The molecule has 0 bridgehead atoms. The second kappa shape index (κ2) is 7.66. The van der Waals surface area contributed by atoms with E-state index in [9.17, 15) is 13.2 Å². The quantitative estimate of drug-likeness (QED) is 0.440. The van der Waals surface area contributed by atoms with Gasteiger partial charge in [0.2, 0.25) is 0 Å². The van der Waals surface area contributed by atoms with Crippen molar-refractivity contribution < 1.29 is 33.0 Å². The van der Waals surface area contributed by atoms with Crippen molar-refractivity contribution >= 4 is 11.2 Å². The van der Waals surface area contributed by atoms with Crippen molar-refractivity contribution in [2.45, 2.75) is 32.0 Å². The molecule has 0 N–H and O–H groups in total. The molecule has 2 heterocycles. The molecule has 25 heavy (non-hydrogen) atoms. The first-order valence-electron chi connectivity index (χ1n) is 7.67. The summed E-state index contributed by atoms with van der Waals surface area (Å²) in [7, 11) is 0. The molecule has 1 saturated carbocycles. The molecule has 0 aliphatic heterocycles. The van der Waals surface area contributed by atoms with E-state index in [0.29, 0.717) is 11.5 Å². The molecule has 0 unspecified atom stereocenters. The number of alkyl halides is 3. The minimum absolute atomic E-state index is 0. The molecule has 2 aromatic heterocycles. The summed E-state index contributed by atoms with van der Waals surface area (Å²) in [5, 5.41) is 0. The Labute approximate surface area is 157 Å². The molecule has 1 aliphatic carbocycles. The Balaban J connectivity index is 0.000000726. The zero-order valence-electron chi connectivity index (χ0n) is 13.5. The van der Waals surface area contributed by atoms with Gasteiger partial charge in [0.25, 0.3) is 0 Å². The number of rotatable bonds is 2. The molecule has 0 saturated heterocycles. The summed E-state index contributed by atoms with van der Waals surface area (Å²) >= 11 is 0. The van der Waals surface area contributed by atoms with Crippen LogP contribution < -0.4 is 0 Å². The minimum Gasteiger partial charge on any atom is -0.346 e. The molecule has 1 fully saturated rings. The maximum atomic E-state index is 12.8. The molecular formula is C18H16F3N3Os-. The number of imidazole rings is 1. The van der Waals surface area contributed by atoms with Crippen LogP contribution in [0.3, 0.4) is 0 Å². The average Bonchev–Trinajstić information content (AvgIpc) is 3.36. The number of halogens is 3. The van der Waals surface area contributed by atoms with Gasteiger partial charge < -0.3 is 11.5 Å². The van der Waals surface area contributed by atoms with Crippen molar-refractivity contribution in [3.05, 3.63) is 55.1 Å². The number of aromatic nitrogens is 3. The molecule has 4 rings (SSSR count). The van der Waals surface area contributed by atoms with Gasteiger partial charge >= 0.3 is 26.0 Å². The van der Waals surface area contributed by atoms with E-state index in [0.717, 1.165) is 30.7 Å². The average molecular weight is 522 g/mol. The molecule has 0 atom stereocenters. The second-order valence-corrected chi connectivity index (χ2v) is 5.38. The predicted octanol–water partition coefficient (Wildman–Crippen LogP) is 5.09. The van der Waals surface area contributed by atoms with E-state index in [-0.39, 0.29) is 31.3 Å². The van der Waals surface area contributed by atoms with Gasteiger partial charge in [-0.1, -0.05) is 0 Å². The van der Waals surface area contributed by atoms with Crippen LogP contribution in [0.4, 0.5) is 13.2 Å². The molecule has 3 aromatic rings. The van der Waals surface area contributed by atoms with E-state index in [1.807, 2.05) is 22.8 Å². The summed E-state index contributed by atoms with van der Waals surface area (Å²) < 4.78 is 40.4. The fourth-order valence-electron chi connectivity index (χ4n) is 2.54. The molecule has 0 spiro atoms. The second-order valence-electron chi connectivity index (χ2n) is 5.38.